The second-order valence-corrected chi connectivity index (χ2v) is 6.07. The Bertz CT molecular complexity index is 267. The van der Waals surface area contributed by atoms with E-state index in [9.17, 15) is 5.11 Å². The number of rotatable bonds is 13. The third kappa shape index (κ3) is 5.78. The Morgan fingerprint density at radius 1 is 0.762 bits per heavy atom. The zero-order valence-corrected chi connectivity index (χ0v) is 12.2. The number of aliphatic hydroxyl groups excluding tert-OH is 1. The Morgan fingerprint density at radius 3 is 1.33 bits per heavy atom. The van der Waals surface area contributed by atoms with Gasteiger partial charge in [0, 0.05) is 0 Å². The van der Waals surface area contributed by atoms with Crippen LogP contribution in [0.1, 0.15) is 0 Å². The quantitative estimate of drug-likeness (QED) is 0.446. The minimum atomic E-state index is -0.543. The Hall–Kier alpha value is -0.280. The minimum absolute atomic E-state index is 0.0461. The molecule has 0 radical (unpaired) electrons. The van der Waals surface area contributed by atoms with Crippen LogP contribution in [-0.2, 0) is 28.4 Å². The third-order valence-electron chi connectivity index (χ3n) is 3.68. The highest BCUT2D eigenvalue weighted by Gasteiger charge is 2.35. The van der Waals surface area contributed by atoms with Crippen molar-refractivity contribution < 1.29 is 33.5 Å². The van der Waals surface area contributed by atoms with E-state index < -0.39 is 5.41 Å². The molecule has 0 saturated carbocycles. The van der Waals surface area contributed by atoms with Gasteiger partial charge >= 0.3 is 0 Å². The summed E-state index contributed by atoms with van der Waals surface area (Å²) in [5.74, 6) is 0. The van der Waals surface area contributed by atoms with Gasteiger partial charge in [0.25, 0.3) is 0 Å². The number of aliphatic hydroxyl groups is 1. The van der Waals surface area contributed by atoms with Crippen molar-refractivity contribution in [1.29, 1.82) is 0 Å². The fourth-order valence-electron chi connectivity index (χ4n) is 1.98. The minimum Gasteiger partial charge on any atom is -0.396 e. The summed E-state index contributed by atoms with van der Waals surface area (Å²) in [4.78, 5) is 0. The summed E-state index contributed by atoms with van der Waals surface area (Å²) in [7, 11) is 0. The SMILES string of the molecule is OCC(COCC1CO1)(COCC1CO1)COCC1CO1. The smallest absolute Gasteiger partial charge is 0.104 e. The average molecular weight is 304 g/mol. The number of hydrogen-bond acceptors (Lipinski definition) is 7. The van der Waals surface area contributed by atoms with Gasteiger partial charge in [-0.25, -0.2) is 0 Å². The highest BCUT2D eigenvalue weighted by molar-refractivity contribution is 4.81. The summed E-state index contributed by atoms with van der Waals surface area (Å²) < 4.78 is 32.3. The Kier molecular flexibility index (Phi) is 5.44. The standard InChI is InChI=1S/C14H24O7/c15-7-14(8-16-1-11-4-19-11,9-17-2-12-5-20-12)10-18-3-13-6-21-13/h11-13,15H,1-10H2. The van der Waals surface area contributed by atoms with Crippen LogP contribution >= 0.6 is 0 Å². The molecule has 3 atom stereocenters. The molecule has 122 valence electrons. The molecular formula is C14H24O7. The van der Waals surface area contributed by atoms with Gasteiger partial charge in [0.1, 0.15) is 18.3 Å². The van der Waals surface area contributed by atoms with Crippen molar-refractivity contribution in [2.75, 3.05) is 66.1 Å². The van der Waals surface area contributed by atoms with E-state index in [1.165, 1.54) is 0 Å². The van der Waals surface area contributed by atoms with Crippen LogP contribution in [0, 0.1) is 5.41 Å². The molecule has 0 spiro atoms. The van der Waals surface area contributed by atoms with Crippen molar-refractivity contribution in [3.63, 3.8) is 0 Å². The number of hydrogen-bond donors (Lipinski definition) is 1. The lowest BCUT2D eigenvalue weighted by Gasteiger charge is -2.31. The third-order valence-corrected chi connectivity index (χ3v) is 3.68. The van der Waals surface area contributed by atoms with Crippen LogP contribution in [0.3, 0.4) is 0 Å². The molecule has 3 fully saturated rings. The topological polar surface area (TPSA) is 85.5 Å². The summed E-state index contributed by atoms with van der Waals surface area (Å²) >= 11 is 0. The zero-order valence-electron chi connectivity index (χ0n) is 12.2. The summed E-state index contributed by atoms with van der Waals surface area (Å²) in [6.45, 7) is 5.07. The molecular weight excluding hydrogens is 280 g/mol. The van der Waals surface area contributed by atoms with E-state index in [1.807, 2.05) is 0 Å². The monoisotopic (exact) mass is 304 g/mol. The molecule has 0 aromatic rings. The molecule has 0 aliphatic carbocycles. The van der Waals surface area contributed by atoms with Crippen LogP contribution in [0.5, 0.6) is 0 Å². The summed E-state index contributed by atoms with van der Waals surface area (Å²) in [6.07, 6.45) is 0.633. The van der Waals surface area contributed by atoms with Crippen LogP contribution in [0.25, 0.3) is 0 Å². The molecule has 21 heavy (non-hydrogen) atoms. The number of ether oxygens (including phenoxy) is 6. The molecule has 3 unspecified atom stereocenters. The average Bonchev–Trinajstić information content (AvgIpc) is 3.34. The van der Waals surface area contributed by atoms with Crippen molar-refractivity contribution in [2.24, 2.45) is 5.41 Å². The van der Waals surface area contributed by atoms with Crippen LogP contribution in [0.2, 0.25) is 0 Å². The maximum atomic E-state index is 9.79. The van der Waals surface area contributed by atoms with Gasteiger partial charge in [-0.15, -0.1) is 0 Å². The lowest BCUT2D eigenvalue weighted by Crippen LogP contribution is -2.41. The van der Waals surface area contributed by atoms with Crippen molar-refractivity contribution in [3.8, 4) is 0 Å². The molecule has 7 heteroatoms. The molecule has 3 aliphatic heterocycles. The lowest BCUT2D eigenvalue weighted by molar-refractivity contribution is -0.0965. The summed E-state index contributed by atoms with van der Waals surface area (Å²) in [6, 6.07) is 0. The highest BCUT2D eigenvalue weighted by Crippen LogP contribution is 2.22. The van der Waals surface area contributed by atoms with Crippen molar-refractivity contribution >= 4 is 0 Å². The van der Waals surface area contributed by atoms with Gasteiger partial charge < -0.3 is 33.5 Å². The van der Waals surface area contributed by atoms with E-state index in [2.05, 4.69) is 0 Å². The van der Waals surface area contributed by atoms with E-state index in [4.69, 9.17) is 28.4 Å². The van der Waals surface area contributed by atoms with Crippen molar-refractivity contribution in [1.82, 2.24) is 0 Å². The second-order valence-electron chi connectivity index (χ2n) is 6.07. The maximum Gasteiger partial charge on any atom is 0.104 e. The summed E-state index contributed by atoms with van der Waals surface area (Å²) in [5, 5.41) is 9.79. The van der Waals surface area contributed by atoms with E-state index in [1.54, 1.807) is 0 Å². The molecule has 3 rings (SSSR count). The molecule has 3 aliphatic rings. The maximum absolute atomic E-state index is 9.79. The van der Waals surface area contributed by atoms with Crippen molar-refractivity contribution in [2.45, 2.75) is 18.3 Å². The molecule has 1 N–H and O–H groups in total. The van der Waals surface area contributed by atoms with Gasteiger partial charge in [-0.05, 0) is 0 Å². The van der Waals surface area contributed by atoms with Gasteiger partial charge in [-0.1, -0.05) is 0 Å². The van der Waals surface area contributed by atoms with E-state index in [0.29, 0.717) is 39.6 Å². The Labute approximate surface area is 124 Å². The molecule has 3 heterocycles. The fraction of sp³-hybridized carbons (Fsp3) is 1.00. The van der Waals surface area contributed by atoms with Gasteiger partial charge in [-0.3, -0.25) is 0 Å². The largest absolute Gasteiger partial charge is 0.396 e. The van der Waals surface area contributed by atoms with Crippen LogP contribution in [-0.4, -0.2) is 89.5 Å². The van der Waals surface area contributed by atoms with Crippen LogP contribution in [0.15, 0.2) is 0 Å². The Balaban J connectivity index is 1.41. The highest BCUT2D eigenvalue weighted by atomic mass is 16.6. The van der Waals surface area contributed by atoms with Crippen molar-refractivity contribution in [3.05, 3.63) is 0 Å². The predicted molar refractivity (Wildman–Crippen MR) is 71.2 cm³/mol. The first-order chi connectivity index (χ1) is 10.3. The van der Waals surface area contributed by atoms with E-state index in [0.717, 1.165) is 19.8 Å². The summed E-state index contributed by atoms with van der Waals surface area (Å²) in [5.41, 5.74) is -0.543. The second kappa shape index (κ2) is 7.32. The molecule has 0 amide bonds. The first-order valence-electron chi connectivity index (χ1n) is 7.49. The molecule has 7 nitrogen and oxygen atoms in total. The van der Waals surface area contributed by atoms with Crippen LogP contribution < -0.4 is 0 Å². The zero-order chi connectivity index (χ0) is 14.5. The first kappa shape index (κ1) is 15.6. The molecule has 0 aromatic carbocycles. The fourth-order valence-corrected chi connectivity index (χ4v) is 1.98. The number of epoxide rings is 3. The lowest BCUT2D eigenvalue weighted by atomic mass is 9.92. The van der Waals surface area contributed by atoms with Gasteiger partial charge in [0.2, 0.25) is 0 Å². The molecule has 0 aromatic heterocycles. The van der Waals surface area contributed by atoms with Gasteiger partial charge in [-0.2, -0.15) is 0 Å². The van der Waals surface area contributed by atoms with Gasteiger partial charge in [0.05, 0.1) is 71.5 Å². The predicted octanol–water partition coefficient (Wildman–Crippen LogP) is -0.789. The van der Waals surface area contributed by atoms with E-state index in [-0.39, 0.29) is 24.9 Å². The molecule has 3 saturated heterocycles. The van der Waals surface area contributed by atoms with Crippen LogP contribution in [0.4, 0.5) is 0 Å². The van der Waals surface area contributed by atoms with E-state index >= 15 is 0 Å². The molecule has 0 bridgehead atoms. The van der Waals surface area contributed by atoms with Gasteiger partial charge in [0.15, 0.2) is 0 Å². The Morgan fingerprint density at radius 2 is 1.10 bits per heavy atom. The normalized spacial score (nSPS) is 32.7. The first-order valence-corrected chi connectivity index (χ1v) is 7.49.